The van der Waals surface area contributed by atoms with Gasteiger partial charge in [0.15, 0.2) is 0 Å². The van der Waals surface area contributed by atoms with Crippen molar-refractivity contribution in [3.63, 3.8) is 0 Å². The first kappa shape index (κ1) is 108. The zero-order valence-corrected chi connectivity index (χ0v) is 75.6. The Labute approximate surface area is 659 Å². The van der Waals surface area contributed by atoms with Gasteiger partial charge in [-0.3, -0.25) is 18.1 Å². The molecule has 0 bridgehead atoms. The van der Waals surface area contributed by atoms with Crippen molar-refractivity contribution in [1.82, 2.24) is 0 Å². The first-order valence-corrected chi connectivity index (χ1v) is 47.6. The second-order valence-corrected chi connectivity index (χ2v) is 39.1. The molecular formula is C90H184N2O12P2. The van der Waals surface area contributed by atoms with Gasteiger partial charge >= 0.3 is 15.6 Å². The summed E-state index contributed by atoms with van der Waals surface area (Å²) in [5.74, 6) is 11.0. The van der Waals surface area contributed by atoms with E-state index in [4.69, 9.17) is 48.5 Å². The summed E-state index contributed by atoms with van der Waals surface area (Å²) in [6.45, 7) is 49.6. The number of ether oxygens (including phenoxy) is 4. The summed E-state index contributed by atoms with van der Waals surface area (Å²) < 4.78 is 69.1. The van der Waals surface area contributed by atoms with E-state index in [0.717, 1.165) is 96.7 Å². The summed E-state index contributed by atoms with van der Waals surface area (Å²) in [5, 5.41) is 0. The minimum Gasteiger partial charge on any atom is -0.379 e. The molecule has 8 unspecified atom stereocenters. The highest BCUT2D eigenvalue weighted by molar-refractivity contribution is 7.47. The van der Waals surface area contributed by atoms with Crippen molar-refractivity contribution in [2.24, 2.45) is 94.3 Å². The molecule has 0 radical (unpaired) electrons. The Balaban J connectivity index is 0. The predicted molar refractivity (Wildman–Crippen MR) is 457 cm³/mol. The number of phosphoric ester groups is 2. The zero-order valence-electron chi connectivity index (χ0n) is 73.8. The van der Waals surface area contributed by atoms with Crippen LogP contribution < -0.4 is 11.5 Å². The molecule has 0 rings (SSSR count). The molecule has 0 amide bonds. The number of nitrogens with two attached hydrogens (primary N) is 2. The summed E-state index contributed by atoms with van der Waals surface area (Å²) >= 11 is 0. The van der Waals surface area contributed by atoms with Gasteiger partial charge in [-0.05, 0) is 135 Å². The second kappa shape index (κ2) is 71.0. The van der Waals surface area contributed by atoms with Crippen LogP contribution in [0.25, 0.3) is 0 Å². The van der Waals surface area contributed by atoms with Gasteiger partial charge in [0.05, 0.1) is 52.9 Å². The van der Waals surface area contributed by atoms with E-state index in [0.29, 0.717) is 44.9 Å². The molecule has 0 aromatic carbocycles. The standard InChI is InChI=1S/C45H94NO6P.C45H90NO6P/c2*1-37(2)17-11-19-39(5)21-13-23-41(7)25-15-27-43(9)29-32-49-35-45(36-52-53(47,48)51-34-31-46)50-33-30-44(10)28-16-26-42(8)24-14-22-40(6)20-12-18-38(3)4/h37-45H,11-36,46H2,1-10H3,(H,47,48);29-30,37-42,45H,11-28,31-36,46H2,1-10H3,(H,47,48)/b;43-29+,44-30+/t39?,40?,41?,42?,43?,44?,45-;39-,40-,41-,42-,45-/m11/s1. The van der Waals surface area contributed by atoms with Crippen molar-refractivity contribution < 1.29 is 56.0 Å². The Morgan fingerprint density at radius 1 is 0.292 bits per heavy atom. The lowest BCUT2D eigenvalue weighted by Gasteiger charge is -2.21. The van der Waals surface area contributed by atoms with Crippen molar-refractivity contribution in [1.29, 1.82) is 0 Å². The summed E-state index contributed by atoms with van der Waals surface area (Å²) in [5.41, 5.74) is 13.5. The zero-order chi connectivity index (χ0) is 79.8. The smallest absolute Gasteiger partial charge is 0.379 e. The molecule has 14 nitrogen and oxygen atoms in total. The molecule has 0 fully saturated rings. The van der Waals surface area contributed by atoms with Crippen LogP contribution in [0.4, 0.5) is 0 Å². The maximum Gasteiger partial charge on any atom is 0.472 e. The molecule has 14 atom stereocenters. The molecular weight excluding hydrogens is 1360 g/mol. The molecule has 0 spiro atoms. The Morgan fingerprint density at radius 3 is 0.830 bits per heavy atom. The summed E-state index contributed by atoms with van der Waals surface area (Å²) in [6.07, 6.45) is 52.5. The summed E-state index contributed by atoms with van der Waals surface area (Å²) in [6, 6.07) is 0. The summed E-state index contributed by atoms with van der Waals surface area (Å²) in [4.78, 5) is 20.0. The fraction of sp³-hybridized carbons (Fsp3) is 0.956. The van der Waals surface area contributed by atoms with E-state index in [2.05, 4.69) is 151 Å². The number of rotatable bonds is 76. The van der Waals surface area contributed by atoms with E-state index in [9.17, 15) is 18.9 Å². The predicted octanol–water partition coefficient (Wildman–Crippen LogP) is 26.7. The molecule has 16 heteroatoms. The van der Waals surface area contributed by atoms with E-state index in [1.807, 2.05) is 0 Å². The van der Waals surface area contributed by atoms with Crippen molar-refractivity contribution in [2.75, 3.05) is 79.2 Å². The quantitative estimate of drug-likeness (QED) is 0.0255. The summed E-state index contributed by atoms with van der Waals surface area (Å²) in [7, 11) is -8.37. The SMILES string of the molecule is C/C(=C\COC[C@H](COP(=O)(O)OCCN)OC/C=C(\C)CCC[C@H](C)CCC[C@H](C)CCCC(C)C)CCC[C@H](C)CCC[C@H](C)CCCC(C)C.CC(C)CCCC(C)CCCC(C)CCCC(C)CCOC[C@H](COP(=O)(O)OCCN)OCCC(C)CCCC(C)CCCC(C)CCCC(C)C. The molecule has 0 aromatic heterocycles. The minimum absolute atomic E-state index is 0.0298. The molecule has 106 heavy (non-hydrogen) atoms. The van der Waals surface area contributed by atoms with Gasteiger partial charge in [0.25, 0.3) is 0 Å². The molecule has 0 aliphatic heterocycles. The minimum atomic E-state index is -4.20. The average Bonchev–Trinajstić information content (AvgIpc) is 0.923. The van der Waals surface area contributed by atoms with Crippen LogP contribution in [0.2, 0.25) is 0 Å². The Hall–Kier alpha value is -0.540. The fourth-order valence-electron chi connectivity index (χ4n) is 14.2. The van der Waals surface area contributed by atoms with E-state index < -0.39 is 27.9 Å². The van der Waals surface area contributed by atoms with Crippen molar-refractivity contribution >= 4 is 15.6 Å². The van der Waals surface area contributed by atoms with Crippen LogP contribution in [0.3, 0.4) is 0 Å². The van der Waals surface area contributed by atoms with Crippen LogP contribution in [-0.2, 0) is 46.2 Å². The molecule has 0 aliphatic carbocycles. The number of allylic oxidation sites excluding steroid dienone is 2. The normalized spacial score (nSPS) is 17.2. The average molecular weight is 1550 g/mol. The molecule has 0 saturated heterocycles. The Bertz CT molecular complexity index is 2080. The van der Waals surface area contributed by atoms with Crippen LogP contribution in [0.15, 0.2) is 23.3 Å². The highest BCUT2D eigenvalue weighted by Gasteiger charge is 2.26. The van der Waals surface area contributed by atoms with Gasteiger partial charge in [-0.15, -0.1) is 0 Å². The van der Waals surface area contributed by atoms with Crippen molar-refractivity contribution in [3.8, 4) is 0 Å². The Morgan fingerprint density at radius 2 is 0.538 bits per heavy atom. The molecule has 0 aliphatic rings. The van der Waals surface area contributed by atoms with Crippen LogP contribution in [0.5, 0.6) is 0 Å². The molecule has 0 saturated carbocycles. The molecule has 0 heterocycles. The third kappa shape index (κ3) is 76.1. The first-order valence-electron chi connectivity index (χ1n) is 44.6. The van der Waals surface area contributed by atoms with Gasteiger partial charge < -0.3 is 40.2 Å². The number of hydrogen-bond donors (Lipinski definition) is 4. The van der Waals surface area contributed by atoms with Gasteiger partial charge in [0.2, 0.25) is 0 Å². The Kier molecular flexibility index (Phi) is 72.0. The van der Waals surface area contributed by atoms with E-state index in [-0.39, 0.29) is 46.1 Å². The van der Waals surface area contributed by atoms with E-state index in [1.165, 1.54) is 229 Å². The molecule has 0 aromatic rings. The largest absolute Gasteiger partial charge is 0.472 e. The van der Waals surface area contributed by atoms with Gasteiger partial charge in [-0.25, -0.2) is 9.13 Å². The third-order valence-corrected chi connectivity index (χ3v) is 24.0. The lowest BCUT2D eigenvalue weighted by atomic mass is 9.91. The lowest BCUT2D eigenvalue weighted by Crippen LogP contribution is -2.27. The number of hydrogen-bond acceptors (Lipinski definition) is 12. The van der Waals surface area contributed by atoms with E-state index >= 15 is 0 Å². The molecule has 636 valence electrons. The fourth-order valence-corrected chi connectivity index (χ4v) is 15.7. The van der Waals surface area contributed by atoms with Gasteiger partial charge in [0, 0.05) is 26.3 Å². The lowest BCUT2D eigenvalue weighted by molar-refractivity contribution is -0.0475. The van der Waals surface area contributed by atoms with Gasteiger partial charge in [-0.1, -0.05) is 353 Å². The van der Waals surface area contributed by atoms with Crippen LogP contribution in [-0.4, -0.2) is 101 Å². The van der Waals surface area contributed by atoms with Gasteiger partial charge in [-0.2, -0.15) is 0 Å². The first-order chi connectivity index (χ1) is 50.3. The number of phosphoric acid groups is 2. The maximum absolute atomic E-state index is 12.3. The van der Waals surface area contributed by atoms with Crippen molar-refractivity contribution in [2.45, 2.75) is 395 Å². The van der Waals surface area contributed by atoms with Crippen molar-refractivity contribution in [3.05, 3.63) is 23.3 Å². The highest BCUT2D eigenvalue weighted by atomic mass is 31.2. The third-order valence-electron chi connectivity index (χ3n) is 22.0. The second-order valence-electron chi connectivity index (χ2n) is 36.2. The van der Waals surface area contributed by atoms with E-state index in [1.54, 1.807) is 0 Å². The monoisotopic (exact) mass is 1550 g/mol. The van der Waals surface area contributed by atoms with Crippen LogP contribution in [0.1, 0.15) is 382 Å². The highest BCUT2D eigenvalue weighted by Crippen LogP contribution is 2.44. The van der Waals surface area contributed by atoms with Crippen LogP contribution >= 0.6 is 15.6 Å². The van der Waals surface area contributed by atoms with Crippen LogP contribution in [0, 0.1) is 82.9 Å². The maximum atomic E-state index is 12.3. The topological polar surface area (TPSA) is 200 Å². The van der Waals surface area contributed by atoms with Gasteiger partial charge in [0.1, 0.15) is 12.2 Å². The molecule has 6 N–H and O–H groups in total.